The van der Waals surface area contributed by atoms with Crippen LogP contribution in [0.2, 0.25) is 0 Å². The van der Waals surface area contributed by atoms with Crippen LogP contribution in [0.25, 0.3) is 0 Å². The number of rotatable bonds is 23. The Kier molecular flexibility index (Phi) is 14.8. The van der Waals surface area contributed by atoms with Crippen molar-refractivity contribution >= 4 is 0 Å². The zero-order valence-electron chi connectivity index (χ0n) is 27.5. The van der Waals surface area contributed by atoms with Crippen LogP contribution >= 0.6 is 0 Å². The molecule has 0 unspecified atom stereocenters. The van der Waals surface area contributed by atoms with Crippen molar-refractivity contribution in [3.8, 4) is 23.0 Å². The monoisotopic (exact) mass is 648 g/mol. The molecule has 0 aromatic carbocycles. The molecule has 0 amide bonds. The van der Waals surface area contributed by atoms with E-state index in [0.29, 0.717) is 65.7 Å². The van der Waals surface area contributed by atoms with Crippen LogP contribution in [0.1, 0.15) is 22.8 Å². The van der Waals surface area contributed by atoms with Gasteiger partial charge in [-0.05, 0) is 24.3 Å². The van der Waals surface area contributed by atoms with E-state index in [2.05, 4.69) is 56.1 Å². The molecule has 0 N–H and O–H groups in total. The Hall–Kier alpha value is -5.32. The summed E-state index contributed by atoms with van der Waals surface area (Å²) in [5.41, 5.74) is 3.52. The Morgan fingerprint density at radius 3 is 0.917 bits per heavy atom. The lowest BCUT2D eigenvalue weighted by Crippen LogP contribution is -2.35. The Morgan fingerprint density at radius 2 is 0.688 bits per heavy atom. The molecule has 0 aliphatic carbocycles. The van der Waals surface area contributed by atoms with E-state index in [1.54, 1.807) is 49.1 Å². The standard InChI is InChI=1S/C38H44N6O4/c1-5-19-45-35-9-13-39-31(23-35)27-43(28-32-24-36(10-14-40-32)46-20-6-2)17-18-44(29-33-25-37(11-15-41-33)47-21-7-3)30-34-26-38(12-16-42-34)48-22-8-4/h5-16,23-26H,1-4,17-22,27-30H2. The predicted molar refractivity (Wildman–Crippen MR) is 188 cm³/mol. The van der Waals surface area contributed by atoms with Gasteiger partial charge in [-0.1, -0.05) is 50.6 Å². The van der Waals surface area contributed by atoms with Crippen molar-refractivity contribution in [1.82, 2.24) is 29.7 Å². The Labute approximate surface area is 283 Å². The minimum atomic E-state index is 0.422. The molecule has 10 heteroatoms. The maximum absolute atomic E-state index is 5.78. The van der Waals surface area contributed by atoms with E-state index in [9.17, 15) is 0 Å². The van der Waals surface area contributed by atoms with Gasteiger partial charge in [0, 0.05) is 88.3 Å². The third-order valence-corrected chi connectivity index (χ3v) is 6.90. The predicted octanol–water partition coefficient (Wildman–Crippen LogP) is 6.23. The molecule has 0 saturated carbocycles. The van der Waals surface area contributed by atoms with E-state index in [0.717, 1.165) is 45.8 Å². The zero-order valence-corrected chi connectivity index (χ0v) is 27.5. The molecular formula is C38H44N6O4. The van der Waals surface area contributed by atoms with E-state index >= 15 is 0 Å². The fourth-order valence-corrected chi connectivity index (χ4v) is 4.78. The summed E-state index contributed by atoms with van der Waals surface area (Å²) in [4.78, 5) is 23.2. The van der Waals surface area contributed by atoms with Crippen molar-refractivity contribution in [2.75, 3.05) is 39.5 Å². The van der Waals surface area contributed by atoms with Gasteiger partial charge in [0.1, 0.15) is 49.4 Å². The summed E-state index contributed by atoms with van der Waals surface area (Å²) in [5.74, 6) is 2.98. The Morgan fingerprint density at radius 1 is 0.438 bits per heavy atom. The topological polar surface area (TPSA) is 95.0 Å². The van der Waals surface area contributed by atoms with Crippen LogP contribution in [0.3, 0.4) is 0 Å². The molecule has 250 valence electrons. The fourth-order valence-electron chi connectivity index (χ4n) is 4.78. The number of ether oxygens (including phenoxy) is 4. The van der Waals surface area contributed by atoms with Crippen molar-refractivity contribution in [1.29, 1.82) is 0 Å². The largest absolute Gasteiger partial charge is 0.489 e. The minimum Gasteiger partial charge on any atom is -0.489 e. The first kappa shape index (κ1) is 35.5. The average molecular weight is 649 g/mol. The van der Waals surface area contributed by atoms with Crippen molar-refractivity contribution in [3.63, 3.8) is 0 Å². The molecule has 10 nitrogen and oxygen atoms in total. The van der Waals surface area contributed by atoms with Crippen molar-refractivity contribution < 1.29 is 18.9 Å². The summed E-state index contributed by atoms with van der Waals surface area (Å²) in [6.45, 7) is 20.4. The molecule has 0 bridgehead atoms. The van der Waals surface area contributed by atoms with E-state index in [1.807, 2.05) is 48.5 Å². The van der Waals surface area contributed by atoms with Crippen molar-refractivity contribution in [2.24, 2.45) is 0 Å². The SMILES string of the molecule is C=CCOc1ccnc(CN(CCN(Cc2cc(OCC=C)ccn2)Cc2cc(OCC=C)ccn2)Cc2cc(OCC=C)ccn2)c1. The minimum absolute atomic E-state index is 0.422. The summed E-state index contributed by atoms with van der Waals surface area (Å²) in [5, 5.41) is 0. The highest BCUT2D eigenvalue weighted by Crippen LogP contribution is 2.19. The number of hydrogen-bond acceptors (Lipinski definition) is 10. The molecule has 0 radical (unpaired) electrons. The first-order valence-electron chi connectivity index (χ1n) is 15.8. The Balaban J connectivity index is 1.58. The first-order valence-corrected chi connectivity index (χ1v) is 15.8. The van der Waals surface area contributed by atoms with Crippen LogP contribution in [-0.4, -0.2) is 69.3 Å². The van der Waals surface area contributed by atoms with Gasteiger partial charge < -0.3 is 18.9 Å². The molecule has 0 aliphatic rings. The average Bonchev–Trinajstić information content (AvgIpc) is 3.11. The van der Waals surface area contributed by atoms with E-state index in [4.69, 9.17) is 18.9 Å². The molecule has 0 saturated heterocycles. The van der Waals surface area contributed by atoms with Crippen LogP contribution in [-0.2, 0) is 26.2 Å². The summed E-state index contributed by atoms with van der Waals surface area (Å²) >= 11 is 0. The van der Waals surface area contributed by atoms with Crippen LogP contribution in [0.15, 0.2) is 124 Å². The summed E-state index contributed by atoms with van der Waals surface area (Å²) in [6.07, 6.45) is 13.9. The number of aromatic nitrogens is 4. The molecule has 4 heterocycles. The van der Waals surface area contributed by atoms with Gasteiger partial charge in [-0.25, -0.2) is 0 Å². The van der Waals surface area contributed by atoms with Gasteiger partial charge in [0.15, 0.2) is 0 Å². The molecule has 0 aliphatic heterocycles. The molecular weight excluding hydrogens is 604 g/mol. The fraction of sp³-hybridized carbons (Fsp3) is 0.263. The van der Waals surface area contributed by atoms with Crippen LogP contribution in [0, 0.1) is 0 Å². The van der Waals surface area contributed by atoms with Crippen molar-refractivity contribution in [2.45, 2.75) is 26.2 Å². The van der Waals surface area contributed by atoms with Gasteiger partial charge in [-0.2, -0.15) is 0 Å². The van der Waals surface area contributed by atoms with Gasteiger partial charge in [0.2, 0.25) is 0 Å². The molecule has 0 spiro atoms. The van der Waals surface area contributed by atoms with Crippen molar-refractivity contribution in [3.05, 3.63) is 147 Å². The number of nitrogens with zero attached hydrogens (tertiary/aromatic N) is 6. The maximum Gasteiger partial charge on any atom is 0.123 e. The lowest BCUT2D eigenvalue weighted by molar-refractivity contribution is 0.177. The highest BCUT2D eigenvalue weighted by atomic mass is 16.5. The van der Waals surface area contributed by atoms with E-state index < -0.39 is 0 Å². The summed E-state index contributed by atoms with van der Waals surface area (Å²) in [7, 11) is 0. The van der Waals surface area contributed by atoms with Gasteiger partial charge in [-0.15, -0.1) is 0 Å². The van der Waals surface area contributed by atoms with Crippen LogP contribution in [0.4, 0.5) is 0 Å². The molecule has 0 atom stereocenters. The van der Waals surface area contributed by atoms with Gasteiger partial charge in [0.25, 0.3) is 0 Å². The second kappa shape index (κ2) is 20.0. The third kappa shape index (κ3) is 12.5. The quantitative estimate of drug-likeness (QED) is 0.0862. The molecule has 4 rings (SSSR count). The number of hydrogen-bond donors (Lipinski definition) is 0. The van der Waals surface area contributed by atoms with Gasteiger partial charge in [-0.3, -0.25) is 29.7 Å². The third-order valence-electron chi connectivity index (χ3n) is 6.90. The summed E-state index contributed by atoms with van der Waals surface area (Å²) in [6, 6.07) is 15.2. The van der Waals surface area contributed by atoms with E-state index in [-0.39, 0.29) is 0 Å². The highest BCUT2D eigenvalue weighted by Gasteiger charge is 2.16. The first-order chi connectivity index (χ1) is 23.6. The second-order valence-corrected chi connectivity index (χ2v) is 10.8. The van der Waals surface area contributed by atoms with E-state index in [1.165, 1.54) is 0 Å². The zero-order chi connectivity index (χ0) is 33.8. The second-order valence-electron chi connectivity index (χ2n) is 10.8. The Bertz CT molecular complexity index is 1380. The lowest BCUT2D eigenvalue weighted by atomic mass is 10.2. The molecule has 4 aromatic rings. The molecule has 0 fully saturated rings. The van der Waals surface area contributed by atoms with Gasteiger partial charge in [0.05, 0.1) is 22.8 Å². The molecule has 4 aromatic heterocycles. The highest BCUT2D eigenvalue weighted by molar-refractivity contribution is 5.26. The van der Waals surface area contributed by atoms with Gasteiger partial charge >= 0.3 is 0 Å². The smallest absolute Gasteiger partial charge is 0.123 e. The van der Waals surface area contributed by atoms with Crippen LogP contribution in [0.5, 0.6) is 23.0 Å². The summed E-state index contributed by atoms with van der Waals surface area (Å²) < 4.78 is 23.1. The lowest BCUT2D eigenvalue weighted by Gasteiger charge is -2.27. The maximum atomic E-state index is 5.78. The normalized spacial score (nSPS) is 10.8. The number of pyridine rings is 4. The van der Waals surface area contributed by atoms with Crippen LogP contribution < -0.4 is 18.9 Å². The molecule has 48 heavy (non-hydrogen) atoms.